The van der Waals surface area contributed by atoms with Crippen molar-refractivity contribution in [3.8, 4) is 17.2 Å². The Morgan fingerprint density at radius 3 is 2.06 bits per heavy atom. The number of hydrogen-bond donors (Lipinski definition) is 0. The standard InChI is InChI=1S/C30H40FN/c1-2-3-4-5-6-7-8-9-24-10-12-25(13-11-24)14-15-26-18-21-29(30(31)22-26)28-19-16-27(23-32)17-20-28/h16-22,24-25H,2-15H2,1H3/t24-,25-. The Bertz CT molecular complexity index is 840. The zero-order valence-electron chi connectivity index (χ0n) is 19.9. The van der Waals surface area contributed by atoms with E-state index in [1.54, 1.807) is 18.2 Å². The van der Waals surface area contributed by atoms with E-state index in [1.807, 2.05) is 18.2 Å². The highest BCUT2D eigenvalue weighted by atomic mass is 19.1. The first-order chi connectivity index (χ1) is 15.7. The van der Waals surface area contributed by atoms with E-state index >= 15 is 0 Å². The molecule has 0 aliphatic heterocycles. The molecule has 0 radical (unpaired) electrons. The third kappa shape index (κ3) is 7.77. The van der Waals surface area contributed by atoms with Crippen molar-refractivity contribution in [2.24, 2.45) is 11.8 Å². The molecule has 0 N–H and O–H groups in total. The Balaban J connectivity index is 1.36. The number of hydrogen-bond acceptors (Lipinski definition) is 1. The fourth-order valence-corrected chi connectivity index (χ4v) is 5.24. The van der Waals surface area contributed by atoms with Crippen LogP contribution in [0.1, 0.15) is 102 Å². The van der Waals surface area contributed by atoms with Gasteiger partial charge in [0, 0.05) is 5.56 Å². The van der Waals surface area contributed by atoms with Crippen LogP contribution in [-0.4, -0.2) is 0 Å². The van der Waals surface area contributed by atoms with Crippen LogP contribution in [0, 0.1) is 29.0 Å². The predicted molar refractivity (Wildman–Crippen MR) is 133 cm³/mol. The lowest BCUT2D eigenvalue weighted by atomic mass is 9.77. The van der Waals surface area contributed by atoms with Crippen LogP contribution in [0.15, 0.2) is 42.5 Å². The molecule has 0 amide bonds. The maximum Gasteiger partial charge on any atom is 0.131 e. The molecular weight excluding hydrogens is 393 g/mol. The molecule has 1 aliphatic carbocycles. The van der Waals surface area contributed by atoms with E-state index in [0.29, 0.717) is 11.1 Å². The molecule has 2 heteroatoms. The van der Waals surface area contributed by atoms with Crippen LogP contribution in [0.25, 0.3) is 11.1 Å². The summed E-state index contributed by atoms with van der Waals surface area (Å²) in [6.45, 7) is 2.28. The molecule has 0 atom stereocenters. The van der Waals surface area contributed by atoms with Crippen molar-refractivity contribution < 1.29 is 4.39 Å². The maximum atomic E-state index is 14.7. The van der Waals surface area contributed by atoms with E-state index in [1.165, 1.54) is 83.5 Å². The molecule has 1 fully saturated rings. The third-order valence-electron chi connectivity index (χ3n) is 7.38. The monoisotopic (exact) mass is 433 g/mol. The summed E-state index contributed by atoms with van der Waals surface area (Å²) in [7, 11) is 0. The van der Waals surface area contributed by atoms with Crippen molar-refractivity contribution in [2.45, 2.75) is 96.8 Å². The van der Waals surface area contributed by atoms with Crippen molar-refractivity contribution in [1.82, 2.24) is 0 Å². The van der Waals surface area contributed by atoms with Crippen LogP contribution < -0.4 is 0 Å². The first-order valence-corrected chi connectivity index (χ1v) is 13.0. The molecule has 2 aromatic rings. The van der Waals surface area contributed by atoms with Gasteiger partial charge < -0.3 is 0 Å². The first kappa shape index (κ1) is 24.5. The van der Waals surface area contributed by atoms with Crippen molar-refractivity contribution in [3.05, 3.63) is 59.4 Å². The molecule has 1 saturated carbocycles. The molecular formula is C30H40FN. The summed E-state index contributed by atoms with van der Waals surface area (Å²) in [4.78, 5) is 0. The van der Waals surface area contributed by atoms with E-state index in [0.717, 1.165) is 29.4 Å². The van der Waals surface area contributed by atoms with Gasteiger partial charge in [0.1, 0.15) is 5.82 Å². The van der Waals surface area contributed by atoms with Gasteiger partial charge in [-0.2, -0.15) is 5.26 Å². The molecule has 32 heavy (non-hydrogen) atoms. The van der Waals surface area contributed by atoms with E-state index in [2.05, 4.69) is 19.1 Å². The average molecular weight is 434 g/mol. The van der Waals surface area contributed by atoms with E-state index in [9.17, 15) is 4.39 Å². The second kappa shape index (κ2) is 13.4. The highest BCUT2D eigenvalue weighted by molar-refractivity contribution is 5.65. The van der Waals surface area contributed by atoms with Gasteiger partial charge in [0.2, 0.25) is 0 Å². The molecule has 2 aromatic carbocycles. The van der Waals surface area contributed by atoms with Gasteiger partial charge in [-0.3, -0.25) is 0 Å². The Morgan fingerprint density at radius 1 is 0.812 bits per heavy atom. The average Bonchev–Trinajstić information content (AvgIpc) is 2.83. The second-order valence-electron chi connectivity index (χ2n) is 9.84. The number of nitriles is 1. The minimum Gasteiger partial charge on any atom is -0.206 e. The van der Waals surface area contributed by atoms with Crippen molar-refractivity contribution in [2.75, 3.05) is 0 Å². The lowest BCUT2D eigenvalue weighted by molar-refractivity contribution is 0.248. The Labute approximate surface area is 195 Å². The zero-order chi connectivity index (χ0) is 22.6. The Hall–Kier alpha value is -2.14. The van der Waals surface area contributed by atoms with Gasteiger partial charge in [0.05, 0.1) is 11.6 Å². The third-order valence-corrected chi connectivity index (χ3v) is 7.38. The summed E-state index contributed by atoms with van der Waals surface area (Å²) < 4.78 is 14.7. The molecule has 0 saturated heterocycles. The smallest absolute Gasteiger partial charge is 0.131 e. The summed E-state index contributed by atoms with van der Waals surface area (Å²) in [5.74, 6) is 1.60. The number of unbranched alkanes of at least 4 members (excludes halogenated alkanes) is 6. The minimum absolute atomic E-state index is 0.161. The SMILES string of the molecule is CCCCCCCCC[C@H]1CC[C@H](CCc2ccc(-c3ccc(C#N)cc3)c(F)c2)CC1. The number of rotatable bonds is 12. The van der Waals surface area contributed by atoms with Crippen molar-refractivity contribution >= 4 is 0 Å². The number of benzene rings is 2. The van der Waals surface area contributed by atoms with Gasteiger partial charge in [-0.15, -0.1) is 0 Å². The quantitative estimate of drug-likeness (QED) is 0.306. The zero-order valence-corrected chi connectivity index (χ0v) is 19.9. The summed E-state index contributed by atoms with van der Waals surface area (Å²) in [6, 6.07) is 14.9. The van der Waals surface area contributed by atoms with Gasteiger partial charge in [0.15, 0.2) is 0 Å². The Kier molecular flexibility index (Phi) is 10.3. The maximum absolute atomic E-state index is 14.7. The first-order valence-electron chi connectivity index (χ1n) is 13.0. The Morgan fingerprint density at radius 2 is 1.44 bits per heavy atom. The van der Waals surface area contributed by atoms with E-state index in [4.69, 9.17) is 5.26 Å². The summed E-state index contributed by atoms with van der Waals surface area (Å²) >= 11 is 0. The van der Waals surface area contributed by atoms with Crippen LogP contribution in [0.5, 0.6) is 0 Å². The van der Waals surface area contributed by atoms with Crippen LogP contribution >= 0.6 is 0 Å². The second-order valence-corrected chi connectivity index (χ2v) is 9.84. The number of aryl methyl sites for hydroxylation is 1. The highest BCUT2D eigenvalue weighted by Gasteiger charge is 2.20. The van der Waals surface area contributed by atoms with Crippen LogP contribution in [0.2, 0.25) is 0 Å². The largest absolute Gasteiger partial charge is 0.206 e. The topological polar surface area (TPSA) is 23.8 Å². The number of nitrogens with zero attached hydrogens (tertiary/aromatic N) is 1. The molecule has 0 unspecified atom stereocenters. The van der Waals surface area contributed by atoms with E-state index < -0.39 is 0 Å². The molecule has 0 spiro atoms. The van der Waals surface area contributed by atoms with Gasteiger partial charge in [-0.05, 0) is 54.0 Å². The number of halogens is 1. The molecule has 0 aromatic heterocycles. The van der Waals surface area contributed by atoms with Crippen molar-refractivity contribution in [3.63, 3.8) is 0 Å². The predicted octanol–water partition coefficient (Wildman–Crippen LogP) is 9.24. The lowest BCUT2D eigenvalue weighted by Gasteiger charge is -2.28. The van der Waals surface area contributed by atoms with E-state index in [-0.39, 0.29) is 5.82 Å². The molecule has 172 valence electrons. The van der Waals surface area contributed by atoms with Gasteiger partial charge in [-0.1, -0.05) is 108 Å². The fraction of sp³-hybridized carbons (Fsp3) is 0.567. The molecule has 3 rings (SSSR count). The van der Waals surface area contributed by atoms with Gasteiger partial charge in [0.25, 0.3) is 0 Å². The van der Waals surface area contributed by atoms with Crippen LogP contribution in [0.4, 0.5) is 4.39 Å². The summed E-state index contributed by atoms with van der Waals surface area (Å²) in [6.07, 6.45) is 18.9. The molecule has 1 nitrogen and oxygen atoms in total. The highest BCUT2D eigenvalue weighted by Crippen LogP contribution is 2.34. The fourth-order valence-electron chi connectivity index (χ4n) is 5.24. The van der Waals surface area contributed by atoms with Gasteiger partial charge in [-0.25, -0.2) is 4.39 Å². The molecule has 0 bridgehead atoms. The lowest BCUT2D eigenvalue weighted by Crippen LogP contribution is -2.15. The summed E-state index contributed by atoms with van der Waals surface area (Å²) in [5, 5.41) is 8.93. The van der Waals surface area contributed by atoms with Crippen molar-refractivity contribution in [1.29, 1.82) is 5.26 Å². The summed E-state index contributed by atoms with van der Waals surface area (Å²) in [5.41, 5.74) is 3.14. The molecule has 1 aliphatic rings. The van der Waals surface area contributed by atoms with Crippen LogP contribution in [-0.2, 0) is 6.42 Å². The minimum atomic E-state index is -0.161. The van der Waals surface area contributed by atoms with Crippen LogP contribution in [0.3, 0.4) is 0 Å². The molecule has 0 heterocycles. The normalized spacial score (nSPS) is 18.4. The van der Waals surface area contributed by atoms with Gasteiger partial charge >= 0.3 is 0 Å².